The molecule has 0 radical (unpaired) electrons. The number of rotatable bonds is 7. The summed E-state index contributed by atoms with van der Waals surface area (Å²) in [5.74, 6) is 1.20. The van der Waals surface area contributed by atoms with Crippen molar-refractivity contribution in [2.24, 2.45) is 0 Å². The average molecular weight is 249 g/mol. The third-order valence-corrected chi connectivity index (χ3v) is 3.20. The molecule has 3 nitrogen and oxygen atoms in total. The Morgan fingerprint density at radius 2 is 2.11 bits per heavy atom. The predicted molar refractivity (Wildman–Crippen MR) is 73.9 cm³/mol. The SMILES string of the molecule is CCCC[C@H](CC(=O)NC)c1ccccc1OC. The van der Waals surface area contributed by atoms with E-state index >= 15 is 0 Å². The molecule has 0 unspecified atom stereocenters. The molecule has 1 amide bonds. The minimum atomic E-state index is 0.0852. The third-order valence-electron chi connectivity index (χ3n) is 3.20. The third kappa shape index (κ3) is 4.06. The van der Waals surface area contributed by atoms with Crippen molar-refractivity contribution >= 4 is 5.91 Å². The summed E-state index contributed by atoms with van der Waals surface area (Å²) in [6.07, 6.45) is 3.81. The van der Waals surface area contributed by atoms with E-state index in [1.54, 1.807) is 14.2 Å². The summed E-state index contributed by atoms with van der Waals surface area (Å²) in [5.41, 5.74) is 1.14. The van der Waals surface area contributed by atoms with Gasteiger partial charge in [0.2, 0.25) is 5.91 Å². The molecule has 0 aliphatic carbocycles. The van der Waals surface area contributed by atoms with Crippen LogP contribution < -0.4 is 10.1 Å². The van der Waals surface area contributed by atoms with Crippen LogP contribution in [0.2, 0.25) is 0 Å². The van der Waals surface area contributed by atoms with Crippen molar-refractivity contribution in [2.45, 2.75) is 38.5 Å². The number of carbonyl (C=O) groups excluding carboxylic acids is 1. The summed E-state index contributed by atoms with van der Waals surface area (Å²) in [7, 11) is 3.36. The number of ether oxygens (including phenoxy) is 1. The second kappa shape index (κ2) is 7.75. The molecule has 100 valence electrons. The molecule has 1 atom stereocenters. The van der Waals surface area contributed by atoms with Gasteiger partial charge in [0.1, 0.15) is 5.75 Å². The van der Waals surface area contributed by atoms with Gasteiger partial charge in [0.15, 0.2) is 0 Å². The topological polar surface area (TPSA) is 38.3 Å². The van der Waals surface area contributed by atoms with Crippen molar-refractivity contribution in [3.8, 4) is 5.75 Å². The molecule has 1 rings (SSSR count). The van der Waals surface area contributed by atoms with E-state index in [0.717, 1.165) is 30.6 Å². The lowest BCUT2D eigenvalue weighted by Gasteiger charge is -2.19. The minimum absolute atomic E-state index is 0.0852. The monoisotopic (exact) mass is 249 g/mol. The van der Waals surface area contributed by atoms with Crippen LogP contribution >= 0.6 is 0 Å². The summed E-state index contributed by atoms with van der Waals surface area (Å²) in [6.45, 7) is 2.17. The van der Waals surface area contributed by atoms with Crippen LogP contribution in [0.5, 0.6) is 5.75 Å². The van der Waals surface area contributed by atoms with E-state index in [-0.39, 0.29) is 11.8 Å². The molecule has 0 bridgehead atoms. The van der Waals surface area contributed by atoms with Crippen molar-refractivity contribution in [3.05, 3.63) is 29.8 Å². The minimum Gasteiger partial charge on any atom is -0.496 e. The number of hydrogen-bond donors (Lipinski definition) is 1. The Kier molecular flexibility index (Phi) is 6.26. The van der Waals surface area contributed by atoms with Gasteiger partial charge < -0.3 is 10.1 Å². The Balaban J connectivity index is 2.89. The molecule has 1 N–H and O–H groups in total. The quantitative estimate of drug-likeness (QED) is 0.806. The summed E-state index contributed by atoms with van der Waals surface area (Å²) < 4.78 is 5.39. The van der Waals surface area contributed by atoms with Gasteiger partial charge in [-0.15, -0.1) is 0 Å². The van der Waals surface area contributed by atoms with E-state index < -0.39 is 0 Å². The maximum absolute atomic E-state index is 11.6. The first kappa shape index (κ1) is 14.6. The maximum Gasteiger partial charge on any atom is 0.220 e. The van der Waals surface area contributed by atoms with Crippen molar-refractivity contribution in [1.29, 1.82) is 0 Å². The standard InChI is InChI=1S/C15H23NO2/c1-4-5-8-12(11-15(17)16-2)13-9-6-7-10-14(13)18-3/h6-7,9-10,12H,4-5,8,11H2,1-3H3,(H,16,17)/t12-/m1/s1. The number of hydrogen-bond acceptors (Lipinski definition) is 2. The van der Waals surface area contributed by atoms with Crippen molar-refractivity contribution < 1.29 is 9.53 Å². The maximum atomic E-state index is 11.6. The second-order valence-corrected chi connectivity index (χ2v) is 4.46. The highest BCUT2D eigenvalue weighted by atomic mass is 16.5. The van der Waals surface area contributed by atoms with Gasteiger partial charge in [0, 0.05) is 13.5 Å². The Bertz CT molecular complexity index is 377. The molecule has 0 spiro atoms. The van der Waals surface area contributed by atoms with Crippen LogP contribution in [0.15, 0.2) is 24.3 Å². The van der Waals surface area contributed by atoms with Crippen LogP contribution in [0, 0.1) is 0 Å². The van der Waals surface area contributed by atoms with E-state index in [0.29, 0.717) is 6.42 Å². The normalized spacial score (nSPS) is 11.9. The lowest BCUT2D eigenvalue weighted by Crippen LogP contribution is -2.20. The fourth-order valence-electron chi connectivity index (χ4n) is 2.15. The number of benzene rings is 1. The van der Waals surface area contributed by atoms with Gasteiger partial charge in [-0.3, -0.25) is 4.79 Å². The molecule has 1 aromatic carbocycles. The highest BCUT2D eigenvalue weighted by Gasteiger charge is 2.18. The summed E-state index contributed by atoms with van der Waals surface area (Å²) in [4.78, 5) is 11.6. The second-order valence-electron chi connectivity index (χ2n) is 4.46. The number of para-hydroxylation sites is 1. The number of unbranched alkanes of at least 4 members (excludes halogenated alkanes) is 1. The number of nitrogens with one attached hydrogen (secondary N) is 1. The molecule has 0 aromatic heterocycles. The summed E-state index contributed by atoms with van der Waals surface area (Å²) in [5, 5.41) is 2.70. The highest BCUT2D eigenvalue weighted by molar-refractivity contribution is 5.76. The Morgan fingerprint density at radius 3 is 2.72 bits per heavy atom. The molecule has 1 aromatic rings. The van der Waals surface area contributed by atoms with Gasteiger partial charge in [-0.1, -0.05) is 38.0 Å². The van der Waals surface area contributed by atoms with E-state index in [4.69, 9.17) is 4.74 Å². The first-order valence-corrected chi connectivity index (χ1v) is 6.56. The van der Waals surface area contributed by atoms with Crippen LogP contribution in [0.3, 0.4) is 0 Å². The van der Waals surface area contributed by atoms with Gasteiger partial charge in [-0.25, -0.2) is 0 Å². The summed E-state index contributed by atoms with van der Waals surface area (Å²) in [6, 6.07) is 7.97. The smallest absolute Gasteiger partial charge is 0.220 e. The van der Waals surface area contributed by atoms with Crippen LogP contribution in [-0.2, 0) is 4.79 Å². The molecule has 0 fully saturated rings. The van der Waals surface area contributed by atoms with Gasteiger partial charge in [-0.05, 0) is 24.0 Å². The van der Waals surface area contributed by atoms with Gasteiger partial charge >= 0.3 is 0 Å². The van der Waals surface area contributed by atoms with Crippen LogP contribution in [0.4, 0.5) is 0 Å². The van der Waals surface area contributed by atoms with E-state index in [1.165, 1.54) is 0 Å². The average Bonchev–Trinajstić information content (AvgIpc) is 2.43. The molecule has 18 heavy (non-hydrogen) atoms. The van der Waals surface area contributed by atoms with E-state index in [2.05, 4.69) is 18.3 Å². The lowest BCUT2D eigenvalue weighted by atomic mass is 9.89. The lowest BCUT2D eigenvalue weighted by molar-refractivity contribution is -0.121. The molecule has 0 saturated carbocycles. The highest BCUT2D eigenvalue weighted by Crippen LogP contribution is 2.32. The van der Waals surface area contributed by atoms with Gasteiger partial charge in [0.05, 0.1) is 7.11 Å². The largest absolute Gasteiger partial charge is 0.496 e. The first-order chi connectivity index (χ1) is 8.72. The number of amides is 1. The van der Waals surface area contributed by atoms with Crippen molar-refractivity contribution in [2.75, 3.05) is 14.2 Å². The molecule has 0 heterocycles. The number of methoxy groups -OCH3 is 1. The molecule has 0 aliphatic heterocycles. The summed E-state index contributed by atoms with van der Waals surface area (Å²) >= 11 is 0. The van der Waals surface area contributed by atoms with Gasteiger partial charge in [0.25, 0.3) is 0 Å². The van der Waals surface area contributed by atoms with Gasteiger partial charge in [-0.2, -0.15) is 0 Å². The fourth-order valence-corrected chi connectivity index (χ4v) is 2.15. The zero-order valence-corrected chi connectivity index (χ0v) is 11.5. The fraction of sp³-hybridized carbons (Fsp3) is 0.533. The first-order valence-electron chi connectivity index (χ1n) is 6.56. The van der Waals surface area contributed by atoms with E-state index in [9.17, 15) is 4.79 Å². The van der Waals surface area contributed by atoms with Crippen LogP contribution in [0.1, 0.15) is 44.1 Å². The zero-order valence-electron chi connectivity index (χ0n) is 11.5. The molecule has 0 saturated heterocycles. The van der Waals surface area contributed by atoms with Crippen molar-refractivity contribution in [3.63, 3.8) is 0 Å². The molecular weight excluding hydrogens is 226 g/mol. The molecular formula is C15H23NO2. The van der Waals surface area contributed by atoms with Crippen molar-refractivity contribution in [1.82, 2.24) is 5.32 Å². The van der Waals surface area contributed by atoms with E-state index in [1.807, 2.05) is 18.2 Å². The Morgan fingerprint density at radius 1 is 1.39 bits per heavy atom. The Labute approximate surface area is 110 Å². The predicted octanol–water partition coefficient (Wildman–Crippen LogP) is 3.11. The Hall–Kier alpha value is -1.51. The molecule has 0 aliphatic rings. The van der Waals surface area contributed by atoms with Crippen LogP contribution in [-0.4, -0.2) is 20.1 Å². The zero-order chi connectivity index (χ0) is 13.4. The number of carbonyl (C=O) groups is 1. The molecule has 3 heteroatoms. The van der Waals surface area contributed by atoms with Crippen LogP contribution in [0.25, 0.3) is 0 Å².